The quantitative estimate of drug-likeness (QED) is 0.883. The average molecular weight is 281 g/mol. The summed E-state index contributed by atoms with van der Waals surface area (Å²) in [5.74, 6) is -0.0975. The minimum absolute atomic E-state index is 0.0975. The lowest BCUT2D eigenvalue weighted by Crippen LogP contribution is -2.27. The molecule has 2 N–H and O–H groups in total. The van der Waals surface area contributed by atoms with Crippen LogP contribution in [0.5, 0.6) is 0 Å². The summed E-state index contributed by atoms with van der Waals surface area (Å²) in [6.07, 6.45) is 0. The Balaban J connectivity index is 1.77. The molecule has 3 nitrogen and oxygen atoms in total. The fourth-order valence-electron chi connectivity index (χ4n) is 1.47. The molecule has 18 heavy (non-hydrogen) atoms. The Morgan fingerprint density at radius 1 is 1.22 bits per heavy atom. The van der Waals surface area contributed by atoms with Crippen LogP contribution in [0, 0.1) is 0 Å². The second-order valence-corrected chi connectivity index (χ2v) is 5.15. The molecule has 0 bridgehead atoms. The highest BCUT2D eigenvalue weighted by Gasteiger charge is 2.04. The van der Waals surface area contributed by atoms with Crippen LogP contribution in [0.4, 0.5) is 5.69 Å². The van der Waals surface area contributed by atoms with Gasteiger partial charge in [0.15, 0.2) is 0 Å². The number of carbonyl (C=O) groups excluding carboxylic acids is 1. The molecule has 1 heterocycles. The first-order chi connectivity index (χ1) is 8.75. The minimum atomic E-state index is -0.0975. The number of amides is 1. The van der Waals surface area contributed by atoms with Crippen molar-refractivity contribution in [2.45, 2.75) is 6.54 Å². The number of hydrogen-bond donors (Lipinski definition) is 2. The van der Waals surface area contributed by atoms with E-state index in [-0.39, 0.29) is 12.5 Å². The van der Waals surface area contributed by atoms with Gasteiger partial charge in [-0.05, 0) is 23.6 Å². The lowest BCUT2D eigenvalue weighted by molar-refractivity contribution is -0.115. The van der Waals surface area contributed by atoms with E-state index in [2.05, 4.69) is 10.6 Å². The number of nitrogens with one attached hydrogen (secondary N) is 2. The SMILES string of the molecule is O=C(CNCc1cccs1)Nc1ccccc1Cl. The molecule has 0 unspecified atom stereocenters. The molecule has 1 aromatic heterocycles. The first-order valence-electron chi connectivity index (χ1n) is 5.53. The lowest BCUT2D eigenvalue weighted by atomic mass is 10.3. The summed E-state index contributed by atoms with van der Waals surface area (Å²) in [7, 11) is 0. The third-order valence-electron chi connectivity index (χ3n) is 2.31. The van der Waals surface area contributed by atoms with E-state index in [1.807, 2.05) is 29.6 Å². The monoisotopic (exact) mass is 280 g/mol. The Bertz CT molecular complexity index is 513. The number of thiophene rings is 1. The number of hydrogen-bond acceptors (Lipinski definition) is 3. The van der Waals surface area contributed by atoms with Crippen molar-refractivity contribution < 1.29 is 4.79 Å². The number of carbonyl (C=O) groups is 1. The topological polar surface area (TPSA) is 41.1 Å². The fourth-order valence-corrected chi connectivity index (χ4v) is 2.33. The summed E-state index contributed by atoms with van der Waals surface area (Å²) in [6.45, 7) is 0.969. The van der Waals surface area contributed by atoms with Gasteiger partial charge in [0.05, 0.1) is 17.3 Å². The van der Waals surface area contributed by atoms with Crippen LogP contribution in [0.2, 0.25) is 5.02 Å². The Morgan fingerprint density at radius 3 is 2.78 bits per heavy atom. The zero-order valence-electron chi connectivity index (χ0n) is 9.65. The summed E-state index contributed by atoms with van der Waals surface area (Å²) in [4.78, 5) is 12.9. The minimum Gasteiger partial charge on any atom is -0.324 e. The van der Waals surface area contributed by atoms with Crippen LogP contribution in [0.1, 0.15) is 4.88 Å². The van der Waals surface area contributed by atoms with E-state index < -0.39 is 0 Å². The van der Waals surface area contributed by atoms with Gasteiger partial charge in [0.25, 0.3) is 0 Å². The molecule has 0 saturated heterocycles. The van der Waals surface area contributed by atoms with Crippen LogP contribution in [-0.4, -0.2) is 12.5 Å². The van der Waals surface area contributed by atoms with Crippen LogP contribution in [-0.2, 0) is 11.3 Å². The standard InChI is InChI=1S/C13H13ClN2OS/c14-11-5-1-2-6-12(11)16-13(17)9-15-8-10-4-3-7-18-10/h1-7,15H,8-9H2,(H,16,17). The molecule has 0 saturated carbocycles. The predicted octanol–water partition coefficient (Wildman–Crippen LogP) is 3.13. The average Bonchev–Trinajstić information content (AvgIpc) is 2.85. The van der Waals surface area contributed by atoms with Gasteiger partial charge in [-0.3, -0.25) is 4.79 Å². The van der Waals surface area contributed by atoms with Crippen molar-refractivity contribution in [2.24, 2.45) is 0 Å². The number of rotatable bonds is 5. The molecule has 0 aliphatic heterocycles. The van der Waals surface area contributed by atoms with Crippen molar-refractivity contribution in [1.82, 2.24) is 5.32 Å². The van der Waals surface area contributed by atoms with Crippen molar-refractivity contribution in [3.63, 3.8) is 0 Å². The maximum atomic E-state index is 11.7. The number of para-hydroxylation sites is 1. The zero-order chi connectivity index (χ0) is 12.8. The van der Waals surface area contributed by atoms with Crippen LogP contribution < -0.4 is 10.6 Å². The molecule has 0 radical (unpaired) electrons. The summed E-state index contributed by atoms with van der Waals surface area (Å²) in [5.41, 5.74) is 0.641. The number of anilines is 1. The molecule has 0 aliphatic carbocycles. The third kappa shape index (κ3) is 3.84. The number of halogens is 1. The fraction of sp³-hybridized carbons (Fsp3) is 0.154. The summed E-state index contributed by atoms with van der Waals surface area (Å²) in [6, 6.07) is 11.2. The summed E-state index contributed by atoms with van der Waals surface area (Å²) >= 11 is 7.62. The normalized spacial score (nSPS) is 10.3. The van der Waals surface area contributed by atoms with E-state index in [9.17, 15) is 4.79 Å². The highest BCUT2D eigenvalue weighted by Crippen LogP contribution is 2.19. The van der Waals surface area contributed by atoms with E-state index in [1.54, 1.807) is 23.5 Å². The molecule has 0 atom stereocenters. The van der Waals surface area contributed by atoms with E-state index in [0.717, 1.165) is 0 Å². The predicted molar refractivity (Wildman–Crippen MR) is 76.1 cm³/mol. The molecule has 0 fully saturated rings. The first-order valence-corrected chi connectivity index (χ1v) is 6.79. The van der Waals surface area contributed by atoms with Gasteiger partial charge < -0.3 is 10.6 Å². The van der Waals surface area contributed by atoms with Gasteiger partial charge in [-0.1, -0.05) is 29.8 Å². The highest BCUT2D eigenvalue weighted by molar-refractivity contribution is 7.09. The van der Waals surface area contributed by atoms with Crippen molar-refractivity contribution in [2.75, 3.05) is 11.9 Å². The second-order valence-electron chi connectivity index (χ2n) is 3.71. The van der Waals surface area contributed by atoms with Crippen molar-refractivity contribution in [3.8, 4) is 0 Å². The van der Waals surface area contributed by atoms with E-state index in [0.29, 0.717) is 17.3 Å². The van der Waals surface area contributed by atoms with Gasteiger partial charge in [-0.15, -0.1) is 11.3 Å². The van der Waals surface area contributed by atoms with Crippen LogP contribution in [0.3, 0.4) is 0 Å². The Morgan fingerprint density at radius 2 is 2.06 bits per heavy atom. The molecule has 0 spiro atoms. The largest absolute Gasteiger partial charge is 0.324 e. The van der Waals surface area contributed by atoms with Gasteiger partial charge in [0.1, 0.15) is 0 Å². The van der Waals surface area contributed by atoms with Crippen LogP contribution in [0.15, 0.2) is 41.8 Å². The second kappa shape index (κ2) is 6.54. The molecular formula is C13H13ClN2OS. The highest BCUT2D eigenvalue weighted by atomic mass is 35.5. The smallest absolute Gasteiger partial charge is 0.238 e. The lowest BCUT2D eigenvalue weighted by Gasteiger charge is -2.07. The van der Waals surface area contributed by atoms with E-state index in [4.69, 9.17) is 11.6 Å². The van der Waals surface area contributed by atoms with Crippen molar-refractivity contribution in [1.29, 1.82) is 0 Å². The molecule has 0 aliphatic rings. The summed E-state index contributed by atoms with van der Waals surface area (Å²) in [5, 5.41) is 8.40. The van der Waals surface area contributed by atoms with E-state index >= 15 is 0 Å². The molecule has 2 aromatic rings. The Hall–Kier alpha value is -1.36. The first kappa shape index (κ1) is 13.1. The molecule has 1 aromatic carbocycles. The maximum Gasteiger partial charge on any atom is 0.238 e. The van der Waals surface area contributed by atoms with Crippen LogP contribution >= 0.6 is 22.9 Å². The molecule has 1 amide bonds. The van der Waals surface area contributed by atoms with Crippen LogP contribution in [0.25, 0.3) is 0 Å². The zero-order valence-corrected chi connectivity index (χ0v) is 11.2. The Labute approximate surface area is 115 Å². The molecule has 5 heteroatoms. The number of benzene rings is 1. The molecule has 2 rings (SSSR count). The van der Waals surface area contributed by atoms with Crippen molar-refractivity contribution in [3.05, 3.63) is 51.7 Å². The van der Waals surface area contributed by atoms with E-state index in [1.165, 1.54) is 4.88 Å². The van der Waals surface area contributed by atoms with Crippen molar-refractivity contribution >= 4 is 34.5 Å². The Kier molecular flexibility index (Phi) is 4.75. The molecular weight excluding hydrogens is 268 g/mol. The van der Waals surface area contributed by atoms with Gasteiger partial charge in [0, 0.05) is 11.4 Å². The van der Waals surface area contributed by atoms with Gasteiger partial charge >= 0.3 is 0 Å². The maximum absolute atomic E-state index is 11.7. The summed E-state index contributed by atoms with van der Waals surface area (Å²) < 4.78 is 0. The van der Waals surface area contributed by atoms with Gasteiger partial charge in [-0.25, -0.2) is 0 Å². The molecule has 94 valence electrons. The van der Waals surface area contributed by atoms with Gasteiger partial charge in [0.2, 0.25) is 5.91 Å². The third-order valence-corrected chi connectivity index (χ3v) is 3.52. The van der Waals surface area contributed by atoms with Gasteiger partial charge in [-0.2, -0.15) is 0 Å².